The highest BCUT2D eigenvalue weighted by Crippen LogP contribution is 1.95. The van der Waals surface area contributed by atoms with Crippen molar-refractivity contribution in [3.8, 4) is 0 Å². The van der Waals surface area contributed by atoms with Crippen molar-refractivity contribution in [3.63, 3.8) is 0 Å². The highest BCUT2D eigenvalue weighted by molar-refractivity contribution is 4.93. The Morgan fingerprint density at radius 3 is 2.17 bits per heavy atom. The van der Waals surface area contributed by atoms with Crippen molar-refractivity contribution in [1.82, 2.24) is 0 Å². The molecule has 0 spiro atoms. The van der Waals surface area contributed by atoms with Crippen molar-refractivity contribution in [1.29, 1.82) is 0 Å². The molecule has 0 aromatic heterocycles. The van der Waals surface area contributed by atoms with Crippen LogP contribution < -0.4 is 0 Å². The number of allylic oxidation sites excluding steroid dienone is 5. The molecule has 0 radical (unpaired) electrons. The van der Waals surface area contributed by atoms with E-state index in [2.05, 4.69) is 37.8 Å². The summed E-state index contributed by atoms with van der Waals surface area (Å²) >= 11 is 0. The molecule has 0 unspecified atom stereocenters. The lowest BCUT2D eigenvalue weighted by atomic mass is 10.2. The molecule has 0 rings (SSSR count). The lowest BCUT2D eigenvalue weighted by molar-refractivity contribution is 0.954. The molecular formula is C12H20. The third-order valence-corrected chi connectivity index (χ3v) is 1.60. The average molecular weight is 164 g/mol. The van der Waals surface area contributed by atoms with Gasteiger partial charge in [0.2, 0.25) is 0 Å². The summed E-state index contributed by atoms with van der Waals surface area (Å²) in [7, 11) is 0. The molecule has 0 aromatic carbocycles. The monoisotopic (exact) mass is 164 g/mol. The normalized spacial score (nSPS) is 11.4. The molecule has 12 heavy (non-hydrogen) atoms. The lowest BCUT2D eigenvalue weighted by Gasteiger charge is -1.85. The Balaban J connectivity index is 3.17. The third kappa shape index (κ3) is 9.22. The summed E-state index contributed by atoms with van der Waals surface area (Å²) in [5.74, 6) is 0. The number of rotatable bonds is 7. The van der Waals surface area contributed by atoms with E-state index in [-0.39, 0.29) is 0 Å². The van der Waals surface area contributed by atoms with Crippen LogP contribution in [0.25, 0.3) is 0 Å². The van der Waals surface area contributed by atoms with Crippen molar-refractivity contribution in [2.75, 3.05) is 0 Å². The van der Waals surface area contributed by atoms with Gasteiger partial charge in [-0.15, -0.1) is 6.58 Å². The van der Waals surface area contributed by atoms with E-state index in [0.29, 0.717) is 0 Å². The minimum atomic E-state index is 1.08. The first kappa shape index (κ1) is 11.2. The Bertz CT molecular complexity index is 140. The summed E-state index contributed by atoms with van der Waals surface area (Å²) in [6.45, 7) is 5.87. The molecule has 0 fully saturated rings. The van der Waals surface area contributed by atoms with Gasteiger partial charge in [0, 0.05) is 0 Å². The van der Waals surface area contributed by atoms with Crippen molar-refractivity contribution in [2.24, 2.45) is 0 Å². The van der Waals surface area contributed by atoms with E-state index < -0.39 is 0 Å². The zero-order valence-corrected chi connectivity index (χ0v) is 8.13. The van der Waals surface area contributed by atoms with E-state index in [4.69, 9.17) is 0 Å². The number of unbranched alkanes of at least 4 members (excludes halogenated alkanes) is 2. The van der Waals surface area contributed by atoms with E-state index in [9.17, 15) is 0 Å². The molecule has 0 saturated heterocycles. The van der Waals surface area contributed by atoms with Gasteiger partial charge in [-0.3, -0.25) is 0 Å². The molecule has 0 heteroatoms. The topological polar surface area (TPSA) is 0 Å². The maximum absolute atomic E-state index is 3.67. The Kier molecular flexibility index (Phi) is 9.56. The quantitative estimate of drug-likeness (QED) is 0.389. The molecule has 0 aliphatic rings. The predicted molar refractivity (Wildman–Crippen MR) is 57.2 cm³/mol. The molecule has 0 N–H and O–H groups in total. The fraction of sp³-hybridized carbons (Fsp3) is 0.500. The van der Waals surface area contributed by atoms with Gasteiger partial charge in [0.25, 0.3) is 0 Å². The highest BCUT2D eigenvalue weighted by Gasteiger charge is 1.75. The zero-order valence-electron chi connectivity index (χ0n) is 8.13. The third-order valence-electron chi connectivity index (χ3n) is 1.60. The Morgan fingerprint density at radius 2 is 1.58 bits per heavy atom. The summed E-state index contributed by atoms with van der Waals surface area (Å²) in [4.78, 5) is 0. The largest absolute Gasteiger partial charge is 0.103 e. The van der Waals surface area contributed by atoms with Gasteiger partial charge in [-0.05, 0) is 25.7 Å². The van der Waals surface area contributed by atoms with Gasteiger partial charge < -0.3 is 0 Å². The fourth-order valence-electron chi connectivity index (χ4n) is 0.887. The van der Waals surface area contributed by atoms with Crippen molar-refractivity contribution in [2.45, 2.75) is 39.0 Å². The van der Waals surface area contributed by atoms with Crippen LogP contribution in [0.5, 0.6) is 0 Å². The van der Waals surface area contributed by atoms with Crippen LogP contribution in [0, 0.1) is 0 Å². The van der Waals surface area contributed by atoms with Gasteiger partial charge in [0.1, 0.15) is 0 Å². The first-order valence-electron chi connectivity index (χ1n) is 4.82. The van der Waals surface area contributed by atoms with Crippen LogP contribution in [-0.2, 0) is 0 Å². The van der Waals surface area contributed by atoms with E-state index in [1.165, 1.54) is 12.8 Å². The average Bonchev–Trinajstić information content (AvgIpc) is 2.10. The van der Waals surface area contributed by atoms with Crippen molar-refractivity contribution < 1.29 is 0 Å². The second-order valence-electron chi connectivity index (χ2n) is 2.83. The summed E-state index contributed by atoms with van der Waals surface area (Å²) in [6, 6.07) is 0. The molecule has 0 aromatic rings. The fourth-order valence-corrected chi connectivity index (χ4v) is 0.887. The Hall–Kier alpha value is -0.780. The van der Waals surface area contributed by atoms with Crippen molar-refractivity contribution in [3.05, 3.63) is 37.0 Å². The molecule has 0 heterocycles. The Morgan fingerprint density at radius 1 is 0.917 bits per heavy atom. The molecule has 0 nitrogen and oxygen atoms in total. The Labute approximate surface area is 76.7 Å². The molecule has 0 aliphatic heterocycles. The SMILES string of the molecule is C=CCC/C=C/C/C=C/CCC. The van der Waals surface area contributed by atoms with Crippen LogP contribution in [0.1, 0.15) is 39.0 Å². The van der Waals surface area contributed by atoms with Crippen LogP contribution in [-0.4, -0.2) is 0 Å². The molecule has 0 saturated carbocycles. The van der Waals surface area contributed by atoms with Gasteiger partial charge in [0.05, 0.1) is 0 Å². The van der Waals surface area contributed by atoms with Crippen LogP contribution in [0.3, 0.4) is 0 Å². The molecular weight excluding hydrogens is 144 g/mol. The molecule has 0 aliphatic carbocycles. The molecule has 0 amide bonds. The van der Waals surface area contributed by atoms with Crippen molar-refractivity contribution >= 4 is 0 Å². The van der Waals surface area contributed by atoms with Gasteiger partial charge >= 0.3 is 0 Å². The molecule has 68 valence electrons. The van der Waals surface area contributed by atoms with E-state index >= 15 is 0 Å². The minimum Gasteiger partial charge on any atom is -0.103 e. The summed E-state index contributed by atoms with van der Waals surface area (Å²) in [5, 5.41) is 0. The van der Waals surface area contributed by atoms with Gasteiger partial charge in [-0.1, -0.05) is 43.7 Å². The lowest BCUT2D eigenvalue weighted by Crippen LogP contribution is -1.64. The first-order valence-corrected chi connectivity index (χ1v) is 4.82. The minimum absolute atomic E-state index is 1.08. The van der Waals surface area contributed by atoms with Crippen LogP contribution in [0.15, 0.2) is 37.0 Å². The number of hydrogen-bond acceptors (Lipinski definition) is 0. The first-order chi connectivity index (χ1) is 5.91. The zero-order chi connectivity index (χ0) is 9.07. The molecule has 0 bridgehead atoms. The van der Waals surface area contributed by atoms with Gasteiger partial charge in [-0.25, -0.2) is 0 Å². The standard InChI is InChI=1S/C12H20/c1-3-5-7-9-11-12-10-8-6-4-2/h3,8-11H,1,4-7,12H2,2H3/b10-8+,11-9+. The maximum atomic E-state index is 3.67. The van der Waals surface area contributed by atoms with Gasteiger partial charge in [0.15, 0.2) is 0 Å². The smallest absolute Gasteiger partial charge is 0.0169 e. The maximum Gasteiger partial charge on any atom is -0.0169 e. The summed E-state index contributed by atoms with van der Waals surface area (Å²) in [6.07, 6.45) is 16.6. The van der Waals surface area contributed by atoms with E-state index in [0.717, 1.165) is 19.3 Å². The van der Waals surface area contributed by atoms with E-state index in [1.54, 1.807) is 0 Å². The van der Waals surface area contributed by atoms with Crippen LogP contribution in [0.2, 0.25) is 0 Å². The van der Waals surface area contributed by atoms with E-state index in [1.807, 2.05) is 6.08 Å². The summed E-state index contributed by atoms with van der Waals surface area (Å²) < 4.78 is 0. The van der Waals surface area contributed by atoms with Crippen LogP contribution >= 0.6 is 0 Å². The van der Waals surface area contributed by atoms with Crippen LogP contribution in [0.4, 0.5) is 0 Å². The highest BCUT2D eigenvalue weighted by atomic mass is 13.8. The predicted octanol–water partition coefficient (Wildman–Crippen LogP) is 4.26. The second kappa shape index (κ2) is 10.2. The number of hydrogen-bond donors (Lipinski definition) is 0. The summed E-state index contributed by atoms with van der Waals surface area (Å²) in [5.41, 5.74) is 0. The van der Waals surface area contributed by atoms with Gasteiger partial charge in [-0.2, -0.15) is 0 Å². The molecule has 0 atom stereocenters. The second-order valence-corrected chi connectivity index (χ2v) is 2.83.